The zero-order valence-electron chi connectivity index (χ0n) is 23.8. The maximum absolute atomic E-state index is 12.1. The monoisotopic (exact) mass is 548 g/mol. The predicted molar refractivity (Wildman–Crippen MR) is 145 cm³/mol. The van der Waals surface area contributed by atoms with Crippen LogP contribution in [0.2, 0.25) is 0 Å². The Morgan fingerprint density at radius 1 is 0.949 bits per heavy atom. The fourth-order valence-electron chi connectivity index (χ4n) is 4.79. The molecule has 2 N–H and O–H groups in total. The van der Waals surface area contributed by atoms with Crippen LogP contribution >= 0.6 is 0 Å². The summed E-state index contributed by atoms with van der Waals surface area (Å²) in [6.07, 6.45) is 4.79. The van der Waals surface area contributed by atoms with Crippen LogP contribution < -0.4 is 10.1 Å². The van der Waals surface area contributed by atoms with Crippen LogP contribution in [-0.4, -0.2) is 77.3 Å². The van der Waals surface area contributed by atoms with Crippen LogP contribution in [0.4, 0.5) is 9.59 Å². The highest BCUT2D eigenvalue weighted by atomic mass is 16.6. The molecule has 2 aliphatic rings. The Hall–Kier alpha value is -3.01. The fourth-order valence-corrected chi connectivity index (χ4v) is 4.79. The van der Waals surface area contributed by atoms with E-state index in [1.165, 1.54) is 0 Å². The lowest BCUT2D eigenvalue weighted by Crippen LogP contribution is -2.44. The second-order valence-corrected chi connectivity index (χ2v) is 11.7. The second kappa shape index (κ2) is 13.9. The maximum Gasteiger partial charge on any atom is 0.410 e. The zero-order chi connectivity index (χ0) is 28.6. The molecular formula is C29H44N2O8. The first-order valence-electron chi connectivity index (χ1n) is 14.0. The molecule has 1 saturated carbocycles. The van der Waals surface area contributed by atoms with Crippen LogP contribution in [0.25, 0.3) is 0 Å². The number of carboxylic acids is 1. The number of likely N-dealkylation sites (tertiary alicyclic amines) is 1. The molecule has 2 fully saturated rings. The van der Waals surface area contributed by atoms with Crippen molar-refractivity contribution < 1.29 is 38.4 Å². The van der Waals surface area contributed by atoms with Gasteiger partial charge in [-0.05, 0) is 90.8 Å². The second-order valence-electron chi connectivity index (χ2n) is 11.7. The van der Waals surface area contributed by atoms with Gasteiger partial charge in [0.05, 0.1) is 24.4 Å². The van der Waals surface area contributed by atoms with Crippen LogP contribution in [0.15, 0.2) is 24.3 Å². The van der Waals surface area contributed by atoms with E-state index in [2.05, 4.69) is 5.32 Å². The number of carboxylic acid groups (broad SMARTS) is 1. The number of carbonyl (C=O) groups is 3. The van der Waals surface area contributed by atoms with E-state index in [-0.39, 0.29) is 36.9 Å². The number of benzene rings is 1. The van der Waals surface area contributed by atoms with Crippen molar-refractivity contribution in [1.29, 1.82) is 0 Å². The minimum Gasteiger partial charge on any atom is -0.490 e. The van der Waals surface area contributed by atoms with Gasteiger partial charge < -0.3 is 34.3 Å². The van der Waals surface area contributed by atoms with Gasteiger partial charge in [-0.1, -0.05) is 12.1 Å². The Bertz CT molecular complexity index is 943. The number of rotatable bonds is 9. The van der Waals surface area contributed by atoms with Gasteiger partial charge in [0.25, 0.3) is 0 Å². The van der Waals surface area contributed by atoms with Crippen molar-refractivity contribution in [2.45, 2.75) is 116 Å². The van der Waals surface area contributed by atoms with E-state index >= 15 is 0 Å². The quantitative estimate of drug-likeness (QED) is 0.446. The molecule has 0 spiro atoms. The number of piperidine rings is 1. The first-order valence-corrected chi connectivity index (χ1v) is 14.0. The third-order valence-electron chi connectivity index (χ3n) is 6.70. The number of carbonyl (C=O) groups excluding carboxylic acids is 2. The summed E-state index contributed by atoms with van der Waals surface area (Å²) in [5.74, 6) is -0.393. The number of aliphatic carboxylic acids is 1. The van der Waals surface area contributed by atoms with Crippen LogP contribution in [0.3, 0.4) is 0 Å². The molecule has 1 aliphatic heterocycles. The molecule has 1 aromatic carbocycles. The third kappa shape index (κ3) is 10.6. The molecule has 0 radical (unpaired) electrons. The number of amides is 2. The highest BCUT2D eigenvalue weighted by Gasteiger charge is 2.29. The molecule has 2 amide bonds. The van der Waals surface area contributed by atoms with Gasteiger partial charge in [0, 0.05) is 19.5 Å². The Kier molecular flexibility index (Phi) is 10.9. The zero-order valence-corrected chi connectivity index (χ0v) is 23.8. The molecule has 39 heavy (non-hydrogen) atoms. The average molecular weight is 549 g/mol. The molecule has 1 aromatic rings. The fraction of sp³-hybridized carbons (Fsp3) is 0.690. The van der Waals surface area contributed by atoms with Gasteiger partial charge in [-0.15, -0.1) is 0 Å². The van der Waals surface area contributed by atoms with E-state index in [1.807, 2.05) is 38.1 Å². The average Bonchev–Trinajstić information content (AvgIpc) is 2.85. The Labute approximate surface area is 231 Å². The molecule has 3 rings (SSSR count). The standard InChI is InChI=1S/C29H44N2O8/c1-19(2)36-28(35)31-16-14-24(15-17-31)38-23-12-10-22(11-13-23)37-21-8-6-20(7-9-21)18-25(26(32)33)30-27(34)39-29(3,4)5/h6-9,19,22-25H,10-18H2,1-5H3,(H,30,34)(H,32,33)/t22?,23?,25-/m1/s1. The normalized spacial score (nSPS) is 21.2. The summed E-state index contributed by atoms with van der Waals surface area (Å²) < 4.78 is 23.0. The number of ether oxygens (including phenoxy) is 4. The Balaban J connectivity index is 1.38. The number of nitrogens with one attached hydrogen (secondary N) is 1. The molecule has 1 aliphatic carbocycles. The molecule has 218 valence electrons. The lowest BCUT2D eigenvalue weighted by molar-refractivity contribution is -0.139. The summed E-state index contributed by atoms with van der Waals surface area (Å²) in [7, 11) is 0. The van der Waals surface area contributed by atoms with Crippen LogP contribution in [0.1, 0.15) is 78.7 Å². The molecule has 0 unspecified atom stereocenters. The molecular weight excluding hydrogens is 504 g/mol. The van der Waals surface area contributed by atoms with Crippen molar-refractivity contribution in [3.63, 3.8) is 0 Å². The SMILES string of the molecule is CC(C)OC(=O)N1CCC(OC2CCC(Oc3ccc(C[C@@H](NC(=O)OC(C)(C)C)C(=O)O)cc3)CC2)CC1. The van der Waals surface area contributed by atoms with Crippen LogP contribution in [0, 0.1) is 0 Å². The first-order chi connectivity index (χ1) is 18.4. The molecule has 1 saturated heterocycles. The minimum atomic E-state index is -1.13. The van der Waals surface area contributed by atoms with Gasteiger partial charge in [-0.2, -0.15) is 0 Å². The van der Waals surface area contributed by atoms with E-state index in [0.29, 0.717) is 13.1 Å². The van der Waals surface area contributed by atoms with E-state index in [9.17, 15) is 19.5 Å². The first kappa shape index (κ1) is 30.5. The molecule has 1 atom stereocenters. The van der Waals surface area contributed by atoms with Gasteiger partial charge in [0.2, 0.25) is 0 Å². The van der Waals surface area contributed by atoms with E-state index in [0.717, 1.165) is 49.8 Å². The van der Waals surface area contributed by atoms with Crippen molar-refractivity contribution in [2.24, 2.45) is 0 Å². The van der Waals surface area contributed by atoms with Crippen molar-refractivity contribution in [2.75, 3.05) is 13.1 Å². The summed E-state index contributed by atoms with van der Waals surface area (Å²) in [6.45, 7) is 10.2. The molecule has 0 bridgehead atoms. The van der Waals surface area contributed by atoms with Gasteiger partial charge in [0.1, 0.15) is 17.4 Å². The van der Waals surface area contributed by atoms with Crippen molar-refractivity contribution >= 4 is 18.2 Å². The summed E-state index contributed by atoms with van der Waals surface area (Å²) in [5.41, 5.74) is 0.0611. The van der Waals surface area contributed by atoms with Crippen molar-refractivity contribution in [3.05, 3.63) is 29.8 Å². The Morgan fingerprint density at radius 3 is 2.05 bits per heavy atom. The summed E-state index contributed by atoms with van der Waals surface area (Å²) in [4.78, 5) is 37.5. The smallest absolute Gasteiger partial charge is 0.410 e. The van der Waals surface area contributed by atoms with E-state index < -0.39 is 23.7 Å². The minimum absolute atomic E-state index is 0.101. The largest absolute Gasteiger partial charge is 0.490 e. The Morgan fingerprint density at radius 2 is 1.51 bits per heavy atom. The third-order valence-corrected chi connectivity index (χ3v) is 6.70. The summed E-state index contributed by atoms with van der Waals surface area (Å²) in [6, 6.07) is 6.22. The maximum atomic E-state index is 12.1. The molecule has 10 nitrogen and oxygen atoms in total. The molecule has 0 aromatic heterocycles. The molecule has 10 heteroatoms. The van der Waals surface area contributed by atoms with Gasteiger partial charge in [-0.25, -0.2) is 14.4 Å². The highest BCUT2D eigenvalue weighted by molar-refractivity contribution is 5.80. The van der Waals surface area contributed by atoms with Gasteiger partial charge in [0.15, 0.2) is 0 Å². The van der Waals surface area contributed by atoms with E-state index in [4.69, 9.17) is 18.9 Å². The summed E-state index contributed by atoms with van der Waals surface area (Å²) in [5, 5.41) is 11.9. The van der Waals surface area contributed by atoms with E-state index in [1.54, 1.807) is 25.7 Å². The van der Waals surface area contributed by atoms with Crippen molar-refractivity contribution in [1.82, 2.24) is 10.2 Å². The molecule has 1 heterocycles. The van der Waals surface area contributed by atoms with Crippen molar-refractivity contribution in [3.8, 4) is 5.75 Å². The number of hydrogen-bond donors (Lipinski definition) is 2. The predicted octanol–water partition coefficient (Wildman–Crippen LogP) is 4.92. The number of hydrogen-bond acceptors (Lipinski definition) is 7. The van der Waals surface area contributed by atoms with Gasteiger partial charge in [-0.3, -0.25) is 0 Å². The lowest BCUT2D eigenvalue weighted by Gasteiger charge is -2.36. The van der Waals surface area contributed by atoms with Crippen LogP contribution in [-0.2, 0) is 25.4 Å². The van der Waals surface area contributed by atoms with Crippen LogP contribution in [0.5, 0.6) is 5.75 Å². The highest BCUT2D eigenvalue weighted by Crippen LogP contribution is 2.28. The van der Waals surface area contributed by atoms with Gasteiger partial charge >= 0.3 is 18.2 Å². The number of nitrogens with zero attached hydrogens (tertiary/aromatic N) is 1. The topological polar surface area (TPSA) is 124 Å². The number of alkyl carbamates (subject to hydrolysis) is 1. The summed E-state index contributed by atoms with van der Waals surface area (Å²) >= 11 is 0. The lowest BCUT2D eigenvalue weighted by atomic mass is 9.94.